The molecule has 0 saturated heterocycles. The number of hydrogen-bond donors (Lipinski definition) is 8. The number of unbranched alkanes of at least 4 members (excludes halogenated alkanes) is 44. The van der Waals surface area contributed by atoms with E-state index in [-0.39, 0.29) is 49.3 Å². The summed E-state index contributed by atoms with van der Waals surface area (Å²) in [4.78, 5) is 107. The van der Waals surface area contributed by atoms with Crippen molar-refractivity contribution < 1.29 is 58.8 Å². The lowest BCUT2D eigenvalue weighted by molar-refractivity contribution is -0.141. The van der Waals surface area contributed by atoms with Crippen LogP contribution in [0.3, 0.4) is 0 Å². The first-order chi connectivity index (χ1) is 51.1. The van der Waals surface area contributed by atoms with Crippen molar-refractivity contribution in [2.45, 2.75) is 419 Å². The zero-order valence-electron chi connectivity index (χ0n) is 68.5. The molecule has 105 heavy (non-hydrogen) atoms. The van der Waals surface area contributed by atoms with Crippen molar-refractivity contribution in [3.8, 4) is 0 Å². The van der Waals surface area contributed by atoms with Gasteiger partial charge in [0.1, 0.15) is 0 Å². The van der Waals surface area contributed by atoms with Crippen LogP contribution in [0.1, 0.15) is 419 Å². The molecule has 0 spiro atoms. The Labute approximate surface area is 642 Å². The quantitative estimate of drug-likeness (QED) is 0.0263. The van der Waals surface area contributed by atoms with Gasteiger partial charge in [-0.2, -0.15) is 0 Å². The van der Waals surface area contributed by atoms with E-state index < -0.39 is 47.5 Å². The van der Waals surface area contributed by atoms with Crippen molar-refractivity contribution in [3.63, 3.8) is 0 Å². The molecule has 0 heterocycles. The molecule has 18 heteroatoms. The summed E-state index contributed by atoms with van der Waals surface area (Å²) >= 11 is 0. The van der Waals surface area contributed by atoms with E-state index in [1.165, 1.54) is 205 Å². The molecule has 4 atom stereocenters. The number of nitrogens with one attached hydrogen (secondary N) is 4. The first kappa shape index (κ1) is 101. The fraction of sp³-hybridized carbons (Fsp3) is 0.908. The van der Waals surface area contributed by atoms with Crippen molar-refractivity contribution in [1.29, 1.82) is 0 Å². The number of carboxylic acid groups (broad SMARTS) is 4. The Bertz CT molecular complexity index is 1790. The molecule has 0 aliphatic rings. The highest BCUT2D eigenvalue weighted by Crippen LogP contribution is 2.23. The average Bonchev–Trinajstić information content (AvgIpc) is 0.976. The summed E-state index contributed by atoms with van der Waals surface area (Å²) in [5, 5.41) is 51.5. The minimum Gasteiger partial charge on any atom is -0.481 e. The number of hydrogen-bond acceptors (Lipinski definition) is 10. The van der Waals surface area contributed by atoms with Gasteiger partial charge in [0, 0.05) is 49.9 Å². The van der Waals surface area contributed by atoms with E-state index in [4.69, 9.17) is 0 Å². The van der Waals surface area contributed by atoms with Gasteiger partial charge in [-0.15, -0.1) is 0 Å². The molecule has 8 N–H and O–H groups in total. The van der Waals surface area contributed by atoms with Gasteiger partial charge in [-0.1, -0.05) is 336 Å². The smallest absolute Gasteiger partial charge is 0.304 e. The Hall–Kier alpha value is -4.32. The summed E-state index contributed by atoms with van der Waals surface area (Å²) in [6.07, 6.45) is 61.6. The second-order valence-electron chi connectivity index (χ2n) is 31.5. The zero-order valence-corrected chi connectivity index (χ0v) is 68.5. The van der Waals surface area contributed by atoms with Gasteiger partial charge in [0.05, 0.1) is 25.7 Å². The van der Waals surface area contributed by atoms with E-state index in [1.807, 2.05) is 0 Å². The predicted molar refractivity (Wildman–Crippen MR) is 434 cm³/mol. The van der Waals surface area contributed by atoms with Crippen LogP contribution in [0.5, 0.6) is 0 Å². The number of amides is 4. The van der Waals surface area contributed by atoms with Crippen LogP contribution >= 0.6 is 0 Å². The summed E-state index contributed by atoms with van der Waals surface area (Å²) in [5.74, 6) is -7.27. The molecular weight excluding hydrogens is 1320 g/mol. The summed E-state index contributed by atoms with van der Waals surface area (Å²) in [6, 6.07) is 0. The second kappa shape index (κ2) is 76.4. The number of rotatable bonds is 84. The number of carboxylic acids is 4. The zero-order chi connectivity index (χ0) is 77.1. The normalized spacial score (nSPS) is 12.7. The predicted octanol–water partition coefficient (Wildman–Crippen LogP) is 20.7. The third-order valence-electron chi connectivity index (χ3n) is 21.5. The minimum absolute atomic E-state index is 0.209. The van der Waals surface area contributed by atoms with E-state index in [1.54, 1.807) is 0 Å². The highest BCUT2D eigenvalue weighted by Gasteiger charge is 2.25. The Morgan fingerprint density at radius 2 is 0.352 bits per heavy atom. The lowest BCUT2D eigenvalue weighted by Crippen LogP contribution is -2.38. The fourth-order valence-electron chi connectivity index (χ4n) is 14.9. The molecule has 616 valence electrons. The van der Waals surface area contributed by atoms with Gasteiger partial charge < -0.3 is 51.5 Å². The number of carbonyl (C=O) groups is 8. The van der Waals surface area contributed by atoms with Crippen LogP contribution in [0.15, 0.2) is 0 Å². The van der Waals surface area contributed by atoms with Crippen LogP contribution in [-0.4, -0.2) is 143 Å². The summed E-state index contributed by atoms with van der Waals surface area (Å²) in [6.45, 7) is 14.3. The Morgan fingerprint density at radius 3 is 0.505 bits per heavy atom. The van der Waals surface area contributed by atoms with Crippen LogP contribution in [0.25, 0.3) is 0 Å². The van der Waals surface area contributed by atoms with Gasteiger partial charge in [-0.05, 0) is 97.1 Å². The standard InChI is InChI=1S/C87H166N6O12/c1-5-9-13-17-21-25-29-33-37-41-45-49-58-76(72-80(94)95)84(102)88-62-53-66-92(67-54-63-89-85(103)77(73-81(96)97)59-50-46-42-38-34-30-26-22-18-14-10-6-2)70-57-71-93(68-55-64-90-86(104)78(74-82(98)99)60-51-47-43-39-35-31-27-23-19-15-11-7-3)69-56-65-91-87(105)79(75-83(100)101)61-52-48-44-40-36-32-28-24-20-16-12-8-4/h76-79H,5-75H2,1-4H3,(H,88,102)(H,89,103)(H,90,104)(H,91,105)(H,94,95)(H,96,97)(H,98,99)(H,100,101). The molecule has 4 unspecified atom stereocenters. The minimum atomic E-state index is -0.983. The molecule has 0 saturated carbocycles. The van der Waals surface area contributed by atoms with Crippen LogP contribution in [0.4, 0.5) is 0 Å². The largest absolute Gasteiger partial charge is 0.481 e. The van der Waals surface area contributed by atoms with Gasteiger partial charge in [0.25, 0.3) is 0 Å². The maximum absolute atomic E-state index is 13.6. The van der Waals surface area contributed by atoms with Crippen molar-refractivity contribution >= 4 is 47.5 Å². The van der Waals surface area contributed by atoms with Crippen LogP contribution in [-0.2, 0) is 38.4 Å². The van der Waals surface area contributed by atoms with Gasteiger partial charge >= 0.3 is 23.9 Å². The fourth-order valence-corrected chi connectivity index (χ4v) is 14.9. The van der Waals surface area contributed by atoms with Gasteiger partial charge in [0.2, 0.25) is 23.6 Å². The Balaban J connectivity index is 6.18. The third-order valence-corrected chi connectivity index (χ3v) is 21.5. The van der Waals surface area contributed by atoms with Crippen molar-refractivity contribution in [2.24, 2.45) is 23.7 Å². The van der Waals surface area contributed by atoms with E-state index >= 15 is 0 Å². The number of aliphatic carboxylic acids is 4. The molecule has 0 aromatic heterocycles. The highest BCUT2D eigenvalue weighted by atomic mass is 16.4. The maximum atomic E-state index is 13.6. The monoisotopic (exact) mass is 1490 g/mol. The summed E-state index contributed by atoms with van der Waals surface area (Å²) < 4.78 is 0. The van der Waals surface area contributed by atoms with E-state index in [2.05, 4.69) is 58.8 Å². The summed E-state index contributed by atoms with van der Waals surface area (Å²) in [5.41, 5.74) is 0. The Kier molecular flexibility index (Phi) is 73.3. The maximum Gasteiger partial charge on any atom is 0.304 e. The average molecular weight is 1490 g/mol. The second-order valence-corrected chi connectivity index (χ2v) is 31.5. The third kappa shape index (κ3) is 68.7. The van der Waals surface area contributed by atoms with Gasteiger partial charge in [-0.3, -0.25) is 38.4 Å². The number of nitrogens with zero attached hydrogens (tertiary/aromatic N) is 2. The molecule has 0 aliphatic heterocycles. The summed E-state index contributed by atoms with van der Waals surface area (Å²) in [7, 11) is 0. The van der Waals surface area contributed by atoms with Crippen LogP contribution in [0.2, 0.25) is 0 Å². The molecule has 0 aliphatic carbocycles. The molecule has 0 radical (unpaired) electrons. The molecular formula is C87H166N6O12. The lowest BCUT2D eigenvalue weighted by atomic mass is 9.96. The van der Waals surface area contributed by atoms with Gasteiger partial charge in [-0.25, -0.2) is 0 Å². The van der Waals surface area contributed by atoms with Gasteiger partial charge in [0.15, 0.2) is 0 Å². The molecule has 0 aromatic carbocycles. The van der Waals surface area contributed by atoms with Crippen LogP contribution in [0, 0.1) is 23.7 Å². The van der Waals surface area contributed by atoms with E-state index in [0.29, 0.717) is 117 Å². The molecule has 18 nitrogen and oxygen atoms in total. The molecule has 0 fully saturated rings. The Morgan fingerprint density at radius 1 is 0.210 bits per heavy atom. The topological polar surface area (TPSA) is 272 Å². The van der Waals surface area contributed by atoms with Crippen molar-refractivity contribution in [3.05, 3.63) is 0 Å². The van der Waals surface area contributed by atoms with E-state index in [0.717, 1.165) is 109 Å². The highest BCUT2D eigenvalue weighted by molar-refractivity contribution is 5.85. The van der Waals surface area contributed by atoms with Crippen LogP contribution < -0.4 is 21.3 Å². The van der Waals surface area contributed by atoms with Crippen molar-refractivity contribution in [2.75, 3.05) is 65.4 Å². The van der Waals surface area contributed by atoms with Crippen molar-refractivity contribution in [1.82, 2.24) is 31.1 Å². The lowest BCUT2D eigenvalue weighted by Gasteiger charge is -2.27. The first-order valence-electron chi connectivity index (χ1n) is 44.5. The molecule has 4 amide bonds. The molecule has 0 rings (SSSR count). The first-order valence-corrected chi connectivity index (χ1v) is 44.5. The van der Waals surface area contributed by atoms with E-state index in [9.17, 15) is 58.8 Å². The number of carbonyl (C=O) groups excluding carboxylic acids is 4. The molecule has 0 bridgehead atoms. The SMILES string of the molecule is CCCCCCCCCCCCCCC(CC(=O)O)C(=O)NCCCN(CCCNC(=O)C(CCCCCCCCCCCCCC)CC(=O)O)CCCN(CCCNC(=O)C(CCCCCCCCCCCCCC)CC(=O)O)CCCNC(=O)C(CCCCCCCCCCCCCC)CC(=O)O. The molecule has 0 aromatic rings.